The van der Waals surface area contributed by atoms with E-state index in [2.05, 4.69) is 26.0 Å². The fourth-order valence-electron chi connectivity index (χ4n) is 1.10. The maximum atomic E-state index is 11.6. The molecule has 0 aliphatic carbocycles. The molecular formula is C10H17N5O2. The third-order valence-electron chi connectivity index (χ3n) is 2.07. The molecule has 1 aromatic heterocycles. The Kier molecular flexibility index (Phi) is 4.62. The van der Waals surface area contributed by atoms with Crippen molar-refractivity contribution >= 4 is 11.8 Å². The lowest BCUT2D eigenvalue weighted by atomic mass is 10.2. The molecule has 2 amide bonds. The van der Waals surface area contributed by atoms with Gasteiger partial charge in [0.25, 0.3) is 5.91 Å². The van der Waals surface area contributed by atoms with Crippen LogP contribution in [0.1, 0.15) is 31.3 Å². The summed E-state index contributed by atoms with van der Waals surface area (Å²) in [5, 5.41) is 14.7. The summed E-state index contributed by atoms with van der Waals surface area (Å²) >= 11 is 0. The fraction of sp³-hybridized carbons (Fsp3) is 0.600. The number of carbonyl (C=O) groups is 2. The molecule has 0 saturated heterocycles. The summed E-state index contributed by atoms with van der Waals surface area (Å²) in [7, 11) is 0. The number of aromatic nitrogens is 3. The number of carbonyl (C=O) groups excluding carboxylic acids is 2. The number of nitrogens with zero attached hydrogens (tertiary/aromatic N) is 2. The number of rotatable bonds is 5. The van der Waals surface area contributed by atoms with Crippen LogP contribution in [-0.2, 0) is 4.79 Å². The number of hydrogen-bond donors (Lipinski definition) is 3. The SMILES string of the molecule is CC(C)CNC(=O)C(C)NC(=O)c1cn[nH]n1. The van der Waals surface area contributed by atoms with Gasteiger partial charge in [0.1, 0.15) is 6.04 Å². The van der Waals surface area contributed by atoms with Crippen molar-refractivity contribution in [2.45, 2.75) is 26.8 Å². The third kappa shape index (κ3) is 4.21. The second kappa shape index (κ2) is 5.97. The lowest BCUT2D eigenvalue weighted by Crippen LogP contribution is -2.45. The summed E-state index contributed by atoms with van der Waals surface area (Å²) in [6, 6.07) is -0.599. The van der Waals surface area contributed by atoms with Gasteiger partial charge in [-0.3, -0.25) is 9.59 Å². The molecule has 1 aromatic rings. The number of nitrogens with one attached hydrogen (secondary N) is 3. The molecule has 1 rings (SSSR count). The van der Waals surface area contributed by atoms with Crippen LogP contribution < -0.4 is 10.6 Å². The van der Waals surface area contributed by atoms with Crippen molar-refractivity contribution in [3.05, 3.63) is 11.9 Å². The van der Waals surface area contributed by atoms with Gasteiger partial charge in [0, 0.05) is 6.54 Å². The van der Waals surface area contributed by atoms with E-state index in [1.807, 2.05) is 13.8 Å². The summed E-state index contributed by atoms with van der Waals surface area (Å²) < 4.78 is 0. The minimum absolute atomic E-state index is 0.161. The molecule has 17 heavy (non-hydrogen) atoms. The van der Waals surface area contributed by atoms with E-state index in [1.165, 1.54) is 6.20 Å². The lowest BCUT2D eigenvalue weighted by Gasteiger charge is -2.14. The van der Waals surface area contributed by atoms with Crippen molar-refractivity contribution in [3.8, 4) is 0 Å². The van der Waals surface area contributed by atoms with E-state index < -0.39 is 11.9 Å². The first-order chi connectivity index (χ1) is 8.00. The summed E-state index contributed by atoms with van der Waals surface area (Å²) in [5.74, 6) is -0.265. The summed E-state index contributed by atoms with van der Waals surface area (Å²) in [6.07, 6.45) is 1.30. The first kappa shape index (κ1) is 13.1. The van der Waals surface area contributed by atoms with Crippen LogP contribution in [0, 0.1) is 5.92 Å². The van der Waals surface area contributed by atoms with E-state index in [-0.39, 0.29) is 11.6 Å². The Bertz CT molecular complexity index is 374. The molecular weight excluding hydrogens is 222 g/mol. The van der Waals surface area contributed by atoms with Gasteiger partial charge in [-0.15, -0.1) is 0 Å². The summed E-state index contributed by atoms with van der Waals surface area (Å²) in [6.45, 7) is 6.20. The monoisotopic (exact) mass is 239 g/mol. The van der Waals surface area contributed by atoms with Crippen LogP contribution in [0.15, 0.2) is 6.20 Å². The van der Waals surface area contributed by atoms with E-state index >= 15 is 0 Å². The van der Waals surface area contributed by atoms with Crippen molar-refractivity contribution < 1.29 is 9.59 Å². The Balaban J connectivity index is 2.41. The Morgan fingerprint density at radius 1 is 1.41 bits per heavy atom. The number of H-pyrrole nitrogens is 1. The lowest BCUT2D eigenvalue weighted by molar-refractivity contribution is -0.122. The van der Waals surface area contributed by atoms with Gasteiger partial charge in [0.2, 0.25) is 5.91 Å². The van der Waals surface area contributed by atoms with Crippen molar-refractivity contribution in [2.75, 3.05) is 6.54 Å². The van der Waals surface area contributed by atoms with Gasteiger partial charge in [0.05, 0.1) is 6.20 Å². The van der Waals surface area contributed by atoms with Gasteiger partial charge in [-0.1, -0.05) is 13.8 Å². The Hall–Kier alpha value is -1.92. The highest BCUT2D eigenvalue weighted by Gasteiger charge is 2.17. The van der Waals surface area contributed by atoms with Crippen LogP contribution in [0.25, 0.3) is 0 Å². The molecule has 1 atom stereocenters. The quantitative estimate of drug-likeness (QED) is 0.656. The van der Waals surface area contributed by atoms with E-state index in [0.29, 0.717) is 12.5 Å². The topological polar surface area (TPSA) is 99.8 Å². The van der Waals surface area contributed by atoms with Gasteiger partial charge in [0.15, 0.2) is 5.69 Å². The van der Waals surface area contributed by atoms with Crippen molar-refractivity contribution in [2.24, 2.45) is 5.92 Å². The zero-order valence-electron chi connectivity index (χ0n) is 10.2. The summed E-state index contributed by atoms with van der Waals surface area (Å²) in [5.41, 5.74) is 0.161. The van der Waals surface area contributed by atoms with E-state index in [1.54, 1.807) is 6.92 Å². The third-order valence-corrected chi connectivity index (χ3v) is 2.07. The van der Waals surface area contributed by atoms with Crippen LogP contribution in [0.4, 0.5) is 0 Å². The Morgan fingerprint density at radius 3 is 2.65 bits per heavy atom. The highest BCUT2D eigenvalue weighted by molar-refractivity contribution is 5.95. The van der Waals surface area contributed by atoms with Gasteiger partial charge >= 0.3 is 0 Å². The molecule has 0 fully saturated rings. The van der Waals surface area contributed by atoms with E-state index in [0.717, 1.165) is 0 Å². The molecule has 0 spiro atoms. The molecule has 1 heterocycles. The molecule has 0 aliphatic rings. The van der Waals surface area contributed by atoms with Crippen LogP contribution in [-0.4, -0.2) is 39.8 Å². The molecule has 94 valence electrons. The summed E-state index contributed by atoms with van der Waals surface area (Å²) in [4.78, 5) is 23.1. The van der Waals surface area contributed by atoms with Crippen molar-refractivity contribution in [1.29, 1.82) is 0 Å². The number of amides is 2. The standard InChI is InChI=1S/C10H17N5O2/c1-6(2)4-11-9(16)7(3)13-10(17)8-5-12-15-14-8/h5-7H,4H2,1-3H3,(H,11,16)(H,13,17)(H,12,14,15). The molecule has 0 aromatic carbocycles. The van der Waals surface area contributed by atoms with Gasteiger partial charge < -0.3 is 10.6 Å². The highest BCUT2D eigenvalue weighted by atomic mass is 16.2. The van der Waals surface area contributed by atoms with E-state index in [9.17, 15) is 9.59 Å². The minimum Gasteiger partial charge on any atom is -0.354 e. The van der Waals surface area contributed by atoms with Crippen LogP contribution >= 0.6 is 0 Å². The predicted molar refractivity (Wildman–Crippen MR) is 61.2 cm³/mol. The second-order valence-electron chi connectivity index (χ2n) is 4.19. The first-order valence-electron chi connectivity index (χ1n) is 5.45. The largest absolute Gasteiger partial charge is 0.354 e. The van der Waals surface area contributed by atoms with Gasteiger partial charge in [-0.25, -0.2) is 0 Å². The van der Waals surface area contributed by atoms with Gasteiger partial charge in [-0.2, -0.15) is 15.4 Å². The molecule has 3 N–H and O–H groups in total. The normalized spacial score (nSPS) is 12.2. The zero-order chi connectivity index (χ0) is 12.8. The maximum absolute atomic E-state index is 11.6. The smallest absolute Gasteiger partial charge is 0.274 e. The average Bonchev–Trinajstić information content (AvgIpc) is 2.78. The van der Waals surface area contributed by atoms with Crippen LogP contribution in [0.2, 0.25) is 0 Å². The molecule has 0 saturated carbocycles. The Morgan fingerprint density at radius 2 is 2.12 bits per heavy atom. The molecule has 0 aliphatic heterocycles. The fourth-order valence-corrected chi connectivity index (χ4v) is 1.10. The predicted octanol–water partition coefficient (Wildman–Crippen LogP) is -0.305. The Labute approximate surface area is 99.4 Å². The number of aromatic amines is 1. The average molecular weight is 239 g/mol. The van der Waals surface area contributed by atoms with Crippen molar-refractivity contribution in [1.82, 2.24) is 26.0 Å². The van der Waals surface area contributed by atoms with Crippen molar-refractivity contribution in [3.63, 3.8) is 0 Å². The molecule has 0 radical (unpaired) electrons. The highest BCUT2D eigenvalue weighted by Crippen LogP contribution is 1.92. The van der Waals surface area contributed by atoms with Crippen LogP contribution in [0.3, 0.4) is 0 Å². The number of hydrogen-bond acceptors (Lipinski definition) is 4. The molecule has 7 heteroatoms. The first-order valence-corrected chi connectivity index (χ1v) is 5.45. The molecule has 0 bridgehead atoms. The zero-order valence-corrected chi connectivity index (χ0v) is 10.2. The van der Waals surface area contributed by atoms with E-state index in [4.69, 9.17) is 0 Å². The van der Waals surface area contributed by atoms with Gasteiger partial charge in [-0.05, 0) is 12.8 Å². The van der Waals surface area contributed by atoms with Crippen LogP contribution in [0.5, 0.6) is 0 Å². The second-order valence-corrected chi connectivity index (χ2v) is 4.19. The molecule has 1 unspecified atom stereocenters. The minimum atomic E-state index is -0.599. The maximum Gasteiger partial charge on any atom is 0.274 e. The molecule has 7 nitrogen and oxygen atoms in total.